The molecule has 1 aliphatic rings. The third kappa shape index (κ3) is 4.84. The predicted octanol–water partition coefficient (Wildman–Crippen LogP) is 3.19. The fraction of sp³-hybridized carbons (Fsp3) is 0.550. The summed E-state index contributed by atoms with van der Waals surface area (Å²) in [4.78, 5) is 14.1. The van der Waals surface area contributed by atoms with Crippen LogP contribution in [-0.4, -0.2) is 43.6 Å². The van der Waals surface area contributed by atoms with Gasteiger partial charge in [-0.2, -0.15) is 0 Å². The van der Waals surface area contributed by atoms with Crippen molar-refractivity contribution >= 4 is 12.0 Å². The van der Waals surface area contributed by atoms with E-state index in [1.54, 1.807) is 7.11 Å². The van der Waals surface area contributed by atoms with E-state index in [4.69, 9.17) is 4.74 Å². The average molecular weight is 330 g/mol. The van der Waals surface area contributed by atoms with Crippen molar-refractivity contribution in [3.63, 3.8) is 0 Å². The molecule has 1 aromatic rings. The Bertz CT molecular complexity index is 569. The highest BCUT2D eigenvalue weighted by atomic mass is 16.5. The van der Waals surface area contributed by atoms with Crippen molar-refractivity contribution in [2.24, 2.45) is 11.8 Å². The van der Waals surface area contributed by atoms with Crippen molar-refractivity contribution in [1.29, 1.82) is 0 Å². The molecule has 1 aromatic carbocycles. The molecule has 132 valence electrons. The fourth-order valence-corrected chi connectivity index (χ4v) is 3.22. The lowest BCUT2D eigenvalue weighted by Crippen LogP contribution is -2.51. The summed E-state index contributed by atoms with van der Waals surface area (Å²) < 4.78 is 5.35. The third-order valence-electron chi connectivity index (χ3n) is 4.65. The van der Waals surface area contributed by atoms with Gasteiger partial charge in [-0.25, -0.2) is 0 Å². The van der Waals surface area contributed by atoms with Crippen LogP contribution >= 0.6 is 0 Å². The zero-order valence-electron chi connectivity index (χ0n) is 15.3. The van der Waals surface area contributed by atoms with Crippen molar-refractivity contribution in [3.8, 4) is 5.75 Å². The van der Waals surface area contributed by atoms with Gasteiger partial charge in [-0.3, -0.25) is 4.79 Å². The Hall–Kier alpha value is -1.81. The number of rotatable bonds is 6. The topological polar surface area (TPSA) is 41.6 Å². The van der Waals surface area contributed by atoms with Crippen molar-refractivity contribution in [2.45, 2.75) is 33.2 Å². The minimum absolute atomic E-state index is 0.0884. The van der Waals surface area contributed by atoms with Crippen LogP contribution in [0.4, 0.5) is 0 Å². The maximum atomic E-state index is 12.1. The standard InChI is InChI=1S/C20H30N2O2/c1-15(2)20(23)22-13-11-18(16(3)14-22)21-12-7-9-17-8-5-6-10-19(17)24-4/h5-10,15-16,18,21H,11-14H2,1-4H3/b9-7-/t16-,18-/m1/s1. The molecule has 1 aliphatic heterocycles. The molecule has 0 bridgehead atoms. The Morgan fingerprint density at radius 1 is 1.42 bits per heavy atom. The maximum Gasteiger partial charge on any atom is 0.225 e. The first kappa shape index (κ1) is 18.5. The largest absolute Gasteiger partial charge is 0.496 e. The molecule has 4 nitrogen and oxygen atoms in total. The fourth-order valence-electron chi connectivity index (χ4n) is 3.22. The van der Waals surface area contributed by atoms with Crippen LogP contribution in [0.3, 0.4) is 0 Å². The van der Waals surface area contributed by atoms with Crippen LogP contribution in [-0.2, 0) is 4.79 Å². The van der Waals surface area contributed by atoms with Gasteiger partial charge in [0.25, 0.3) is 0 Å². The molecule has 1 amide bonds. The number of likely N-dealkylation sites (tertiary alicyclic amines) is 1. The Kier molecular flexibility index (Phi) is 6.85. The summed E-state index contributed by atoms with van der Waals surface area (Å²) in [7, 11) is 1.69. The van der Waals surface area contributed by atoms with Crippen molar-refractivity contribution in [1.82, 2.24) is 10.2 Å². The number of hydrogen-bond donors (Lipinski definition) is 1. The SMILES string of the molecule is COc1ccccc1/C=C\CN[C@@H]1CCN(C(=O)C(C)C)C[C@H]1C. The van der Waals surface area contributed by atoms with Gasteiger partial charge >= 0.3 is 0 Å². The van der Waals surface area contributed by atoms with Gasteiger partial charge in [0.1, 0.15) is 5.75 Å². The summed E-state index contributed by atoms with van der Waals surface area (Å²) in [5.74, 6) is 1.73. The molecule has 4 heteroatoms. The number of benzene rings is 1. The number of ether oxygens (including phenoxy) is 1. The van der Waals surface area contributed by atoms with Crippen LogP contribution in [0.25, 0.3) is 6.08 Å². The highest BCUT2D eigenvalue weighted by Gasteiger charge is 2.28. The van der Waals surface area contributed by atoms with E-state index >= 15 is 0 Å². The summed E-state index contributed by atoms with van der Waals surface area (Å²) in [6.07, 6.45) is 5.24. The number of carbonyl (C=O) groups excluding carboxylic acids is 1. The molecular weight excluding hydrogens is 300 g/mol. The first-order chi connectivity index (χ1) is 11.5. The molecule has 24 heavy (non-hydrogen) atoms. The van der Waals surface area contributed by atoms with Gasteiger partial charge in [-0.15, -0.1) is 0 Å². The van der Waals surface area contributed by atoms with Gasteiger partial charge in [0, 0.05) is 37.2 Å². The molecule has 0 aromatic heterocycles. The number of amides is 1. The van der Waals surface area contributed by atoms with E-state index in [2.05, 4.69) is 24.4 Å². The number of nitrogens with one attached hydrogen (secondary N) is 1. The third-order valence-corrected chi connectivity index (χ3v) is 4.65. The van der Waals surface area contributed by atoms with Gasteiger partial charge in [0.15, 0.2) is 0 Å². The number of carbonyl (C=O) groups is 1. The summed E-state index contributed by atoms with van der Waals surface area (Å²) >= 11 is 0. The number of hydrogen-bond acceptors (Lipinski definition) is 3. The van der Waals surface area contributed by atoms with Gasteiger partial charge < -0.3 is 15.0 Å². The summed E-state index contributed by atoms with van der Waals surface area (Å²) in [5, 5.41) is 3.60. The lowest BCUT2D eigenvalue weighted by molar-refractivity contribution is -0.136. The summed E-state index contributed by atoms with van der Waals surface area (Å²) in [6, 6.07) is 8.47. The van der Waals surface area contributed by atoms with E-state index in [0.29, 0.717) is 12.0 Å². The highest BCUT2D eigenvalue weighted by molar-refractivity contribution is 5.78. The van der Waals surface area contributed by atoms with Crippen LogP contribution in [0.2, 0.25) is 0 Å². The molecule has 1 fully saturated rings. The second-order valence-electron chi connectivity index (χ2n) is 6.86. The Balaban J connectivity index is 1.81. The molecule has 0 radical (unpaired) electrons. The number of para-hydroxylation sites is 1. The first-order valence-corrected chi connectivity index (χ1v) is 8.84. The lowest BCUT2D eigenvalue weighted by atomic mass is 9.93. The first-order valence-electron chi connectivity index (χ1n) is 8.84. The molecule has 2 rings (SSSR count). The van der Waals surface area contributed by atoms with Crippen molar-refractivity contribution in [2.75, 3.05) is 26.7 Å². The van der Waals surface area contributed by atoms with Crippen molar-refractivity contribution < 1.29 is 9.53 Å². The monoisotopic (exact) mass is 330 g/mol. The highest BCUT2D eigenvalue weighted by Crippen LogP contribution is 2.20. The molecule has 2 atom stereocenters. The van der Waals surface area contributed by atoms with E-state index in [1.807, 2.05) is 43.0 Å². The van der Waals surface area contributed by atoms with E-state index < -0.39 is 0 Å². The Labute approximate surface area is 145 Å². The minimum Gasteiger partial charge on any atom is -0.496 e. The van der Waals surface area contributed by atoms with Crippen LogP contribution in [0.15, 0.2) is 30.3 Å². The lowest BCUT2D eigenvalue weighted by Gasteiger charge is -2.38. The number of piperidine rings is 1. The minimum atomic E-state index is 0.0884. The van der Waals surface area contributed by atoms with Gasteiger partial charge in [0.2, 0.25) is 5.91 Å². The smallest absolute Gasteiger partial charge is 0.225 e. The molecule has 0 unspecified atom stereocenters. The normalized spacial score (nSPS) is 21.5. The van der Waals surface area contributed by atoms with Crippen LogP contribution in [0.5, 0.6) is 5.75 Å². The van der Waals surface area contributed by atoms with Gasteiger partial charge in [-0.05, 0) is 18.4 Å². The molecule has 1 saturated heterocycles. The quantitative estimate of drug-likeness (QED) is 0.871. The summed E-state index contributed by atoms with van der Waals surface area (Å²) in [6.45, 7) is 8.70. The van der Waals surface area contributed by atoms with E-state index in [1.165, 1.54) is 0 Å². The number of nitrogens with zero attached hydrogens (tertiary/aromatic N) is 1. The zero-order valence-corrected chi connectivity index (χ0v) is 15.3. The summed E-state index contributed by atoms with van der Waals surface area (Å²) in [5.41, 5.74) is 1.09. The molecular formula is C20H30N2O2. The molecule has 0 aliphatic carbocycles. The van der Waals surface area contributed by atoms with E-state index in [-0.39, 0.29) is 11.8 Å². The average Bonchev–Trinajstić information content (AvgIpc) is 2.59. The molecule has 0 saturated carbocycles. The van der Waals surface area contributed by atoms with Crippen LogP contribution in [0.1, 0.15) is 32.8 Å². The van der Waals surface area contributed by atoms with Gasteiger partial charge in [-0.1, -0.05) is 51.1 Å². The second-order valence-corrected chi connectivity index (χ2v) is 6.86. The van der Waals surface area contributed by atoms with Gasteiger partial charge in [0.05, 0.1) is 7.11 Å². The van der Waals surface area contributed by atoms with E-state index in [0.717, 1.165) is 37.4 Å². The van der Waals surface area contributed by atoms with Crippen molar-refractivity contribution in [3.05, 3.63) is 35.9 Å². The Morgan fingerprint density at radius 3 is 2.83 bits per heavy atom. The predicted molar refractivity (Wildman–Crippen MR) is 99.0 cm³/mol. The van der Waals surface area contributed by atoms with Crippen LogP contribution < -0.4 is 10.1 Å². The molecule has 0 spiro atoms. The van der Waals surface area contributed by atoms with Crippen LogP contribution in [0, 0.1) is 11.8 Å². The van der Waals surface area contributed by atoms with E-state index in [9.17, 15) is 4.79 Å². The molecule has 1 heterocycles. The molecule has 1 N–H and O–H groups in total. The second kappa shape index (κ2) is 8.88. The maximum absolute atomic E-state index is 12.1. The number of methoxy groups -OCH3 is 1. The Morgan fingerprint density at radius 2 is 2.17 bits per heavy atom. The zero-order chi connectivity index (χ0) is 17.5.